The molecule has 1 aliphatic heterocycles. The van der Waals surface area contributed by atoms with Gasteiger partial charge < -0.3 is 16.0 Å². The van der Waals surface area contributed by atoms with E-state index in [4.69, 9.17) is 0 Å². The number of hydrogen-bond donors (Lipinski definition) is 3. The highest BCUT2D eigenvalue weighted by atomic mass is 19.1. The number of aliphatic imine (C=N–C) groups is 1. The van der Waals surface area contributed by atoms with Gasteiger partial charge in [-0.15, -0.1) is 0 Å². The molecule has 0 radical (unpaired) electrons. The Balaban J connectivity index is 1.85. The van der Waals surface area contributed by atoms with Crippen molar-refractivity contribution in [2.75, 3.05) is 26.2 Å². The molecule has 1 fully saturated rings. The smallest absolute Gasteiger partial charge is 0.324 e. The molecule has 0 saturated carbocycles. The minimum absolute atomic E-state index is 0.0531. The van der Waals surface area contributed by atoms with Gasteiger partial charge in [-0.05, 0) is 24.6 Å². The molecule has 124 valence electrons. The molecule has 3 N–H and O–H groups in total. The predicted octanol–water partition coefficient (Wildman–Crippen LogP) is 0.433. The first-order valence-electron chi connectivity index (χ1n) is 7.45. The molecule has 3 amide bonds. The standard InChI is InChI=1S/C15H20FN5O2/c1-2-17-14(19-9-11-3-5-12(16)6-4-11)18-7-8-21-13(22)10-20-15(21)23/h3-6H,2,7-10H2,1H3,(H,20,23)(H2,17,18,19). The van der Waals surface area contributed by atoms with Crippen LogP contribution in [0.15, 0.2) is 29.3 Å². The van der Waals surface area contributed by atoms with Crippen molar-refractivity contribution in [3.05, 3.63) is 35.6 Å². The molecular formula is C15H20FN5O2. The van der Waals surface area contributed by atoms with Gasteiger partial charge in [-0.25, -0.2) is 14.2 Å². The Hall–Kier alpha value is -2.64. The molecule has 0 bridgehead atoms. The van der Waals surface area contributed by atoms with Crippen molar-refractivity contribution >= 4 is 17.9 Å². The van der Waals surface area contributed by atoms with Crippen LogP contribution in [0.2, 0.25) is 0 Å². The van der Waals surface area contributed by atoms with E-state index in [0.717, 1.165) is 10.5 Å². The van der Waals surface area contributed by atoms with E-state index in [1.807, 2.05) is 6.92 Å². The summed E-state index contributed by atoms with van der Waals surface area (Å²) in [5, 5.41) is 8.60. The fourth-order valence-corrected chi connectivity index (χ4v) is 2.07. The number of nitrogens with one attached hydrogen (secondary N) is 3. The Morgan fingerprint density at radius 1 is 1.30 bits per heavy atom. The summed E-state index contributed by atoms with van der Waals surface area (Å²) in [5.74, 6) is 0.0604. The highest BCUT2D eigenvalue weighted by Gasteiger charge is 2.27. The lowest BCUT2D eigenvalue weighted by Gasteiger charge is -2.15. The summed E-state index contributed by atoms with van der Waals surface area (Å²) < 4.78 is 12.9. The summed E-state index contributed by atoms with van der Waals surface area (Å²) >= 11 is 0. The molecule has 0 unspecified atom stereocenters. The molecule has 1 saturated heterocycles. The van der Waals surface area contributed by atoms with Gasteiger partial charge in [0.2, 0.25) is 5.91 Å². The number of rotatable bonds is 6. The zero-order valence-electron chi connectivity index (χ0n) is 12.9. The summed E-state index contributed by atoms with van der Waals surface area (Å²) in [5.41, 5.74) is 0.887. The van der Waals surface area contributed by atoms with Crippen molar-refractivity contribution in [2.24, 2.45) is 4.99 Å². The fourth-order valence-electron chi connectivity index (χ4n) is 2.07. The van der Waals surface area contributed by atoms with E-state index in [1.165, 1.54) is 12.1 Å². The minimum Gasteiger partial charge on any atom is -0.357 e. The average molecular weight is 321 g/mol. The van der Waals surface area contributed by atoms with Gasteiger partial charge in [-0.1, -0.05) is 12.1 Å². The molecule has 0 aromatic heterocycles. The Kier molecular flexibility index (Phi) is 5.90. The Morgan fingerprint density at radius 3 is 2.65 bits per heavy atom. The maximum absolute atomic E-state index is 12.9. The maximum atomic E-state index is 12.9. The molecule has 0 spiro atoms. The summed E-state index contributed by atoms with van der Waals surface area (Å²) in [6.45, 7) is 3.74. The van der Waals surface area contributed by atoms with Crippen LogP contribution in [0.3, 0.4) is 0 Å². The molecule has 0 atom stereocenters. The number of nitrogens with zero attached hydrogens (tertiary/aromatic N) is 2. The summed E-state index contributed by atoms with van der Waals surface area (Å²) in [7, 11) is 0. The van der Waals surface area contributed by atoms with Crippen molar-refractivity contribution in [3.63, 3.8) is 0 Å². The first kappa shape index (κ1) is 16.7. The largest absolute Gasteiger partial charge is 0.357 e. The number of carbonyl (C=O) groups excluding carboxylic acids is 2. The third-order valence-electron chi connectivity index (χ3n) is 3.24. The van der Waals surface area contributed by atoms with Crippen LogP contribution in [0.5, 0.6) is 0 Å². The zero-order chi connectivity index (χ0) is 16.7. The molecule has 1 aromatic carbocycles. The van der Waals surface area contributed by atoms with Crippen molar-refractivity contribution in [1.29, 1.82) is 0 Å². The number of carbonyl (C=O) groups is 2. The number of halogens is 1. The van der Waals surface area contributed by atoms with Gasteiger partial charge in [0.25, 0.3) is 0 Å². The molecule has 1 heterocycles. The third-order valence-corrected chi connectivity index (χ3v) is 3.24. The van der Waals surface area contributed by atoms with Crippen LogP contribution >= 0.6 is 0 Å². The van der Waals surface area contributed by atoms with Crippen molar-refractivity contribution in [1.82, 2.24) is 20.9 Å². The number of urea groups is 1. The Bertz CT molecular complexity index is 572. The van der Waals surface area contributed by atoms with E-state index in [1.54, 1.807) is 12.1 Å². The van der Waals surface area contributed by atoms with Crippen LogP contribution in [-0.4, -0.2) is 49.0 Å². The highest BCUT2D eigenvalue weighted by molar-refractivity contribution is 6.01. The van der Waals surface area contributed by atoms with E-state index in [9.17, 15) is 14.0 Å². The molecule has 2 rings (SSSR count). The first-order chi connectivity index (χ1) is 11.1. The van der Waals surface area contributed by atoms with Crippen molar-refractivity contribution in [3.8, 4) is 0 Å². The van der Waals surface area contributed by atoms with Gasteiger partial charge in [-0.2, -0.15) is 0 Å². The Labute approximate surface area is 134 Å². The van der Waals surface area contributed by atoms with E-state index < -0.39 is 0 Å². The van der Waals surface area contributed by atoms with E-state index >= 15 is 0 Å². The number of guanidine groups is 1. The lowest BCUT2D eigenvalue weighted by Crippen LogP contribution is -2.43. The number of imide groups is 1. The quantitative estimate of drug-likeness (QED) is 0.403. The van der Waals surface area contributed by atoms with Gasteiger partial charge in [0.1, 0.15) is 5.82 Å². The van der Waals surface area contributed by atoms with Crippen LogP contribution in [0.4, 0.5) is 9.18 Å². The molecule has 0 aliphatic carbocycles. The summed E-state index contributed by atoms with van der Waals surface area (Å²) in [4.78, 5) is 28.4. The van der Waals surface area contributed by atoms with Crippen LogP contribution in [0.25, 0.3) is 0 Å². The highest BCUT2D eigenvalue weighted by Crippen LogP contribution is 2.03. The predicted molar refractivity (Wildman–Crippen MR) is 84.3 cm³/mol. The molecule has 7 nitrogen and oxygen atoms in total. The molecular weight excluding hydrogens is 301 g/mol. The summed E-state index contributed by atoms with van der Waals surface area (Å²) in [6, 6.07) is 5.77. The first-order valence-corrected chi connectivity index (χ1v) is 7.45. The van der Waals surface area contributed by atoms with Crippen molar-refractivity contribution < 1.29 is 14.0 Å². The second-order valence-electron chi connectivity index (χ2n) is 4.95. The normalized spacial score (nSPS) is 14.9. The zero-order valence-corrected chi connectivity index (χ0v) is 12.9. The average Bonchev–Trinajstić information content (AvgIpc) is 2.86. The number of benzene rings is 1. The van der Waals surface area contributed by atoms with E-state index in [0.29, 0.717) is 25.6 Å². The van der Waals surface area contributed by atoms with Gasteiger partial charge in [0, 0.05) is 19.6 Å². The van der Waals surface area contributed by atoms with E-state index in [2.05, 4.69) is 20.9 Å². The summed E-state index contributed by atoms with van der Waals surface area (Å²) in [6.07, 6.45) is 0. The van der Waals surface area contributed by atoms with Crippen molar-refractivity contribution in [2.45, 2.75) is 13.5 Å². The van der Waals surface area contributed by atoms with E-state index in [-0.39, 0.29) is 30.8 Å². The third kappa shape index (κ3) is 4.94. The van der Waals surface area contributed by atoms with Gasteiger partial charge in [0.15, 0.2) is 5.96 Å². The number of hydrogen-bond acceptors (Lipinski definition) is 3. The number of amides is 3. The van der Waals surface area contributed by atoms with Gasteiger partial charge in [0.05, 0.1) is 13.1 Å². The van der Waals surface area contributed by atoms with Crippen LogP contribution in [-0.2, 0) is 11.3 Å². The SMILES string of the molecule is CCNC(=NCc1ccc(F)cc1)NCCN1C(=O)CNC1=O. The van der Waals surface area contributed by atoms with Gasteiger partial charge >= 0.3 is 6.03 Å². The molecule has 23 heavy (non-hydrogen) atoms. The van der Waals surface area contributed by atoms with Gasteiger partial charge in [-0.3, -0.25) is 9.69 Å². The maximum Gasteiger partial charge on any atom is 0.324 e. The van der Waals surface area contributed by atoms with Crippen LogP contribution < -0.4 is 16.0 Å². The Morgan fingerprint density at radius 2 is 2.04 bits per heavy atom. The van der Waals surface area contributed by atoms with Crippen LogP contribution in [0.1, 0.15) is 12.5 Å². The second kappa shape index (κ2) is 8.11. The lowest BCUT2D eigenvalue weighted by molar-refractivity contribution is -0.124. The second-order valence-corrected chi connectivity index (χ2v) is 4.95. The molecule has 8 heteroatoms. The minimum atomic E-state index is -0.370. The molecule has 1 aromatic rings. The molecule has 1 aliphatic rings. The van der Waals surface area contributed by atoms with Crippen LogP contribution in [0, 0.1) is 5.82 Å². The monoisotopic (exact) mass is 321 g/mol. The topological polar surface area (TPSA) is 85.8 Å². The fraction of sp³-hybridized carbons (Fsp3) is 0.400. The lowest BCUT2D eigenvalue weighted by atomic mass is 10.2.